The van der Waals surface area contributed by atoms with Gasteiger partial charge in [0.15, 0.2) is 0 Å². The predicted octanol–water partition coefficient (Wildman–Crippen LogP) is 1.62. The van der Waals surface area contributed by atoms with Crippen LogP contribution >= 0.6 is 0 Å². The van der Waals surface area contributed by atoms with Crippen molar-refractivity contribution in [3.8, 4) is 0 Å². The Labute approximate surface area is 101 Å². The number of benzene rings is 1. The van der Waals surface area contributed by atoms with Crippen molar-refractivity contribution < 1.29 is 9.47 Å². The van der Waals surface area contributed by atoms with E-state index in [1.165, 1.54) is 5.19 Å². The highest BCUT2D eigenvalue weighted by molar-refractivity contribution is 6.54. The Balaban J connectivity index is 2.42. The Morgan fingerprint density at radius 3 is 2.06 bits per heavy atom. The van der Waals surface area contributed by atoms with Crippen molar-refractivity contribution >= 4 is 14.7 Å². The molecule has 0 N–H and O–H groups in total. The lowest BCUT2D eigenvalue weighted by Crippen LogP contribution is -2.33. The van der Waals surface area contributed by atoms with Gasteiger partial charge in [-0.05, 0) is 12.8 Å². The monoisotopic (exact) mass is 238 g/mol. The molecule has 0 aliphatic heterocycles. The summed E-state index contributed by atoms with van der Waals surface area (Å²) < 4.78 is 11.5. The molecular weight excluding hydrogens is 216 g/mol. The highest BCUT2D eigenvalue weighted by atomic mass is 28.2. The van der Waals surface area contributed by atoms with Gasteiger partial charge in [0, 0.05) is 13.2 Å². The summed E-state index contributed by atoms with van der Waals surface area (Å²) in [7, 11) is -0.483. The first kappa shape index (κ1) is 13.4. The second kappa shape index (κ2) is 8.50. The molecule has 3 heteroatoms. The Morgan fingerprint density at radius 1 is 1.00 bits per heavy atom. The zero-order valence-corrected chi connectivity index (χ0v) is 11.7. The van der Waals surface area contributed by atoms with Crippen molar-refractivity contribution in [3.63, 3.8) is 0 Å². The first-order valence-corrected chi connectivity index (χ1v) is 7.66. The first-order valence-electron chi connectivity index (χ1n) is 6.14. The molecule has 1 rings (SSSR count). The van der Waals surface area contributed by atoms with Gasteiger partial charge < -0.3 is 9.47 Å². The van der Waals surface area contributed by atoms with Gasteiger partial charge in [0.05, 0.1) is 0 Å². The minimum Gasteiger partial charge on any atom is -0.357 e. The van der Waals surface area contributed by atoms with Gasteiger partial charge in [-0.2, -0.15) is 0 Å². The van der Waals surface area contributed by atoms with Crippen LogP contribution in [0.1, 0.15) is 26.7 Å². The molecule has 0 aromatic heterocycles. The lowest BCUT2D eigenvalue weighted by Gasteiger charge is -2.17. The van der Waals surface area contributed by atoms with Crippen molar-refractivity contribution in [2.75, 3.05) is 13.2 Å². The molecule has 0 atom stereocenters. The van der Waals surface area contributed by atoms with Crippen molar-refractivity contribution in [1.29, 1.82) is 0 Å². The van der Waals surface area contributed by atoms with Gasteiger partial charge in [0.1, 0.15) is 15.4 Å². The third-order valence-corrected chi connectivity index (χ3v) is 4.01. The molecule has 0 radical (unpaired) electrons. The molecule has 90 valence electrons. The van der Waals surface area contributed by atoms with Crippen molar-refractivity contribution in [2.24, 2.45) is 0 Å². The summed E-state index contributed by atoms with van der Waals surface area (Å²) in [5.41, 5.74) is 0. The van der Waals surface area contributed by atoms with Gasteiger partial charge in [-0.15, -0.1) is 0 Å². The van der Waals surface area contributed by atoms with Crippen molar-refractivity contribution in [3.05, 3.63) is 30.3 Å². The number of hydrogen-bond acceptors (Lipinski definition) is 2. The van der Waals surface area contributed by atoms with Gasteiger partial charge in [-0.3, -0.25) is 0 Å². The molecule has 0 fully saturated rings. The molecule has 16 heavy (non-hydrogen) atoms. The standard InChI is InChI=1S/C13H22O2Si/c1-3-10-14-13(15-11-4-2)16-12-8-6-5-7-9-12/h5-9,13H,3-4,10-11,16H2,1-2H3. The van der Waals surface area contributed by atoms with Gasteiger partial charge >= 0.3 is 0 Å². The van der Waals surface area contributed by atoms with E-state index in [9.17, 15) is 0 Å². The van der Waals surface area contributed by atoms with Gasteiger partial charge in [-0.25, -0.2) is 0 Å². The second-order valence-corrected chi connectivity index (χ2v) is 5.75. The normalized spacial score (nSPS) is 11.7. The Kier molecular flexibility index (Phi) is 7.13. The molecule has 1 aromatic carbocycles. The topological polar surface area (TPSA) is 18.5 Å². The number of hydrogen-bond donors (Lipinski definition) is 0. The van der Waals surface area contributed by atoms with Crippen molar-refractivity contribution in [1.82, 2.24) is 0 Å². The van der Waals surface area contributed by atoms with Crippen LogP contribution < -0.4 is 5.19 Å². The average molecular weight is 238 g/mol. The van der Waals surface area contributed by atoms with Crippen LogP contribution in [0.15, 0.2) is 30.3 Å². The summed E-state index contributed by atoms with van der Waals surface area (Å²) in [4.78, 5) is 0. The fraction of sp³-hybridized carbons (Fsp3) is 0.538. The van der Waals surface area contributed by atoms with Crippen LogP contribution in [-0.4, -0.2) is 28.6 Å². The molecule has 0 aliphatic rings. The summed E-state index contributed by atoms with van der Waals surface area (Å²) in [5.74, 6) is 0.0438. The Hall–Kier alpha value is -0.643. The van der Waals surface area contributed by atoms with Gasteiger partial charge in [0.25, 0.3) is 0 Å². The van der Waals surface area contributed by atoms with Crippen LogP contribution in [0.2, 0.25) is 0 Å². The van der Waals surface area contributed by atoms with Crippen LogP contribution in [0.25, 0.3) is 0 Å². The maximum absolute atomic E-state index is 5.74. The Bertz CT molecular complexity index is 256. The van der Waals surface area contributed by atoms with E-state index < -0.39 is 9.52 Å². The number of rotatable bonds is 8. The van der Waals surface area contributed by atoms with Crippen LogP contribution in [0.5, 0.6) is 0 Å². The molecule has 2 nitrogen and oxygen atoms in total. The largest absolute Gasteiger partial charge is 0.357 e. The van der Waals surface area contributed by atoms with Crippen LogP contribution in [0, 0.1) is 0 Å². The molecule has 0 saturated heterocycles. The molecule has 0 bridgehead atoms. The maximum atomic E-state index is 5.74. The average Bonchev–Trinajstić information content (AvgIpc) is 2.34. The summed E-state index contributed by atoms with van der Waals surface area (Å²) in [6.45, 7) is 5.85. The third kappa shape index (κ3) is 5.44. The van der Waals surface area contributed by atoms with Crippen LogP contribution in [0.3, 0.4) is 0 Å². The first-order chi connectivity index (χ1) is 7.86. The maximum Gasteiger partial charge on any atom is 0.139 e. The van der Waals surface area contributed by atoms with E-state index in [0.717, 1.165) is 26.1 Å². The lowest BCUT2D eigenvalue weighted by atomic mass is 10.4. The molecule has 0 unspecified atom stereocenters. The van der Waals surface area contributed by atoms with E-state index in [2.05, 4.69) is 38.1 Å². The van der Waals surface area contributed by atoms with Crippen molar-refractivity contribution in [2.45, 2.75) is 32.6 Å². The molecule has 0 aliphatic carbocycles. The molecular formula is C13H22O2Si. The van der Waals surface area contributed by atoms with E-state index in [1.807, 2.05) is 6.07 Å². The summed E-state index contributed by atoms with van der Waals surface area (Å²) >= 11 is 0. The molecule has 1 aromatic rings. The molecule has 0 heterocycles. The zero-order valence-electron chi connectivity index (χ0n) is 10.3. The minimum absolute atomic E-state index is 0.0438. The minimum atomic E-state index is -0.483. The van der Waals surface area contributed by atoms with Crippen LogP contribution in [0.4, 0.5) is 0 Å². The van der Waals surface area contributed by atoms with E-state index in [4.69, 9.17) is 9.47 Å². The van der Waals surface area contributed by atoms with E-state index in [1.54, 1.807) is 0 Å². The highest BCUT2D eigenvalue weighted by Crippen LogP contribution is 1.97. The lowest BCUT2D eigenvalue weighted by molar-refractivity contribution is -0.0894. The van der Waals surface area contributed by atoms with E-state index in [-0.39, 0.29) is 5.91 Å². The fourth-order valence-electron chi connectivity index (χ4n) is 1.47. The predicted molar refractivity (Wildman–Crippen MR) is 70.9 cm³/mol. The summed E-state index contributed by atoms with van der Waals surface area (Å²) in [6.07, 6.45) is 2.10. The Morgan fingerprint density at radius 2 is 1.56 bits per heavy atom. The summed E-state index contributed by atoms with van der Waals surface area (Å²) in [6, 6.07) is 10.6. The van der Waals surface area contributed by atoms with Gasteiger partial charge in [-0.1, -0.05) is 49.4 Å². The quantitative estimate of drug-likeness (QED) is 0.506. The third-order valence-electron chi connectivity index (χ3n) is 2.26. The van der Waals surface area contributed by atoms with E-state index in [0.29, 0.717) is 0 Å². The highest BCUT2D eigenvalue weighted by Gasteiger charge is 2.10. The SMILES string of the molecule is CCCOC(OCCC)[SiH2]c1ccccc1. The zero-order chi connectivity index (χ0) is 11.6. The molecule has 0 spiro atoms. The summed E-state index contributed by atoms with van der Waals surface area (Å²) in [5, 5.41) is 1.40. The fourth-order valence-corrected chi connectivity index (χ4v) is 2.97. The van der Waals surface area contributed by atoms with Crippen LogP contribution in [-0.2, 0) is 9.47 Å². The number of ether oxygens (including phenoxy) is 2. The smallest absolute Gasteiger partial charge is 0.139 e. The van der Waals surface area contributed by atoms with Gasteiger partial charge in [0.2, 0.25) is 0 Å². The van der Waals surface area contributed by atoms with E-state index >= 15 is 0 Å². The second-order valence-electron chi connectivity index (χ2n) is 3.86. The molecule has 0 saturated carbocycles. The molecule has 0 amide bonds.